The minimum Gasteiger partial charge on any atom is -0.496 e. The Morgan fingerprint density at radius 1 is 1.10 bits per heavy atom. The van der Waals surface area contributed by atoms with Gasteiger partial charge in [-0.2, -0.15) is 0 Å². The van der Waals surface area contributed by atoms with Crippen molar-refractivity contribution in [3.05, 3.63) is 39.8 Å². The molecule has 2 aromatic rings. The molecule has 0 fully saturated rings. The zero-order chi connectivity index (χ0) is 14.9. The number of hydrogen-bond acceptors (Lipinski definition) is 3. The quantitative estimate of drug-likeness (QED) is 0.766. The molecule has 0 aliphatic carbocycles. The SMILES string of the molecule is COc1cc(C)c(-c2cc(C)nc(Br)n2)cc1C(C)C. The van der Waals surface area contributed by atoms with Crippen molar-refractivity contribution >= 4 is 15.9 Å². The van der Waals surface area contributed by atoms with Crippen LogP contribution in [0.2, 0.25) is 0 Å². The van der Waals surface area contributed by atoms with Crippen LogP contribution in [0.5, 0.6) is 5.75 Å². The minimum absolute atomic E-state index is 0.399. The number of halogens is 1. The third-order valence-electron chi connectivity index (χ3n) is 3.30. The fourth-order valence-electron chi connectivity index (χ4n) is 2.27. The van der Waals surface area contributed by atoms with Crippen LogP contribution in [-0.2, 0) is 0 Å². The summed E-state index contributed by atoms with van der Waals surface area (Å²) in [5.41, 5.74) is 5.35. The van der Waals surface area contributed by atoms with Crippen molar-refractivity contribution in [1.82, 2.24) is 9.97 Å². The van der Waals surface area contributed by atoms with Crippen LogP contribution in [0.15, 0.2) is 22.9 Å². The monoisotopic (exact) mass is 334 g/mol. The molecule has 0 saturated heterocycles. The summed E-state index contributed by atoms with van der Waals surface area (Å²) in [6.07, 6.45) is 0. The van der Waals surface area contributed by atoms with Gasteiger partial charge >= 0.3 is 0 Å². The lowest BCUT2D eigenvalue weighted by Crippen LogP contribution is -1.99. The third kappa shape index (κ3) is 3.01. The van der Waals surface area contributed by atoms with Crippen LogP contribution in [0.25, 0.3) is 11.3 Å². The normalized spacial score (nSPS) is 10.9. The molecule has 0 unspecified atom stereocenters. The summed E-state index contributed by atoms with van der Waals surface area (Å²) in [6, 6.07) is 6.26. The molecular formula is C16H19BrN2O. The van der Waals surface area contributed by atoms with Crippen molar-refractivity contribution in [2.24, 2.45) is 0 Å². The van der Waals surface area contributed by atoms with E-state index >= 15 is 0 Å². The third-order valence-corrected chi connectivity index (χ3v) is 3.66. The first-order valence-corrected chi connectivity index (χ1v) is 7.41. The highest BCUT2D eigenvalue weighted by molar-refractivity contribution is 9.10. The van der Waals surface area contributed by atoms with Crippen molar-refractivity contribution in [3.63, 3.8) is 0 Å². The van der Waals surface area contributed by atoms with E-state index in [1.165, 1.54) is 5.56 Å². The molecule has 1 aromatic heterocycles. The van der Waals surface area contributed by atoms with E-state index in [2.05, 4.69) is 58.8 Å². The van der Waals surface area contributed by atoms with Gasteiger partial charge in [-0.3, -0.25) is 0 Å². The number of methoxy groups -OCH3 is 1. The molecule has 0 bridgehead atoms. The molecule has 0 aliphatic heterocycles. The Balaban J connectivity index is 2.64. The zero-order valence-corrected chi connectivity index (χ0v) is 14.1. The second kappa shape index (κ2) is 5.92. The Kier molecular flexibility index (Phi) is 4.43. The highest BCUT2D eigenvalue weighted by Crippen LogP contribution is 2.34. The van der Waals surface area contributed by atoms with Crippen LogP contribution in [0.4, 0.5) is 0 Å². The maximum Gasteiger partial charge on any atom is 0.197 e. The lowest BCUT2D eigenvalue weighted by Gasteiger charge is -2.16. The molecular weight excluding hydrogens is 316 g/mol. The van der Waals surface area contributed by atoms with Crippen LogP contribution in [0, 0.1) is 13.8 Å². The van der Waals surface area contributed by atoms with Crippen molar-refractivity contribution in [1.29, 1.82) is 0 Å². The van der Waals surface area contributed by atoms with Crippen LogP contribution in [-0.4, -0.2) is 17.1 Å². The predicted molar refractivity (Wildman–Crippen MR) is 85.3 cm³/mol. The molecule has 0 spiro atoms. The van der Waals surface area contributed by atoms with E-state index in [0.717, 1.165) is 28.3 Å². The fraction of sp³-hybridized carbons (Fsp3) is 0.375. The Labute approximate surface area is 128 Å². The average molecular weight is 335 g/mol. The van der Waals surface area contributed by atoms with Gasteiger partial charge in [0.05, 0.1) is 12.8 Å². The molecule has 106 valence electrons. The first-order valence-electron chi connectivity index (χ1n) is 6.62. The van der Waals surface area contributed by atoms with E-state index < -0.39 is 0 Å². The summed E-state index contributed by atoms with van der Waals surface area (Å²) in [5.74, 6) is 1.33. The average Bonchev–Trinajstić information content (AvgIpc) is 2.36. The maximum absolute atomic E-state index is 5.48. The number of rotatable bonds is 3. The number of hydrogen-bond donors (Lipinski definition) is 0. The summed E-state index contributed by atoms with van der Waals surface area (Å²) >= 11 is 3.36. The Bertz CT molecular complexity index is 618. The van der Waals surface area contributed by atoms with E-state index in [9.17, 15) is 0 Å². The fourth-order valence-corrected chi connectivity index (χ4v) is 2.74. The Hall–Kier alpha value is -1.42. The lowest BCUT2D eigenvalue weighted by molar-refractivity contribution is 0.407. The van der Waals surface area contributed by atoms with E-state index in [1.807, 2.05) is 13.0 Å². The van der Waals surface area contributed by atoms with Gasteiger partial charge in [0.2, 0.25) is 0 Å². The molecule has 0 aliphatic rings. The number of aromatic nitrogens is 2. The molecule has 0 N–H and O–H groups in total. The Morgan fingerprint density at radius 2 is 1.80 bits per heavy atom. The summed E-state index contributed by atoms with van der Waals surface area (Å²) in [6.45, 7) is 8.38. The summed E-state index contributed by atoms with van der Waals surface area (Å²) < 4.78 is 6.10. The zero-order valence-electron chi connectivity index (χ0n) is 12.5. The summed E-state index contributed by atoms with van der Waals surface area (Å²) in [5, 5.41) is 0. The topological polar surface area (TPSA) is 35.0 Å². The summed E-state index contributed by atoms with van der Waals surface area (Å²) in [4.78, 5) is 8.75. The highest BCUT2D eigenvalue weighted by atomic mass is 79.9. The van der Waals surface area contributed by atoms with Crippen molar-refractivity contribution in [3.8, 4) is 17.0 Å². The smallest absolute Gasteiger partial charge is 0.197 e. The van der Waals surface area contributed by atoms with Crippen molar-refractivity contribution < 1.29 is 4.74 Å². The molecule has 4 heteroatoms. The van der Waals surface area contributed by atoms with Gasteiger partial charge in [-0.05, 0) is 65.0 Å². The van der Waals surface area contributed by atoms with Gasteiger partial charge in [-0.15, -0.1) is 0 Å². The second-order valence-corrected chi connectivity index (χ2v) is 5.94. The molecule has 0 radical (unpaired) electrons. The summed E-state index contributed by atoms with van der Waals surface area (Å²) in [7, 11) is 1.71. The van der Waals surface area contributed by atoms with Gasteiger partial charge in [-0.25, -0.2) is 9.97 Å². The van der Waals surface area contributed by atoms with Crippen molar-refractivity contribution in [2.45, 2.75) is 33.6 Å². The largest absolute Gasteiger partial charge is 0.496 e. The molecule has 2 rings (SSSR count). The van der Waals surface area contributed by atoms with Gasteiger partial charge in [0.1, 0.15) is 5.75 Å². The molecule has 1 heterocycles. The first-order chi connectivity index (χ1) is 9.42. The van der Waals surface area contributed by atoms with Gasteiger partial charge in [0.15, 0.2) is 4.73 Å². The number of nitrogens with zero attached hydrogens (tertiary/aromatic N) is 2. The second-order valence-electron chi connectivity index (χ2n) is 5.23. The Morgan fingerprint density at radius 3 is 2.35 bits per heavy atom. The van der Waals surface area contributed by atoms with E-state index in [0.29, 0.717) is 10.7 Å². The lowest BCUT2D eigenvalue weighted by atomic mass is 9.95. The number of benzene rings is 1. The molecule has 0 amide bonds. The number of ether oxygens (including phenoxy) is 1. The maximum atomic E-state index is 5.48. The van der Waals surface area contributed by atoms with Crippen LogP contribution >= 0.6 is 15.9 Å². The van der Waals surface area contributed by atoms with E-state index in [-0.39, 0.29) is 0 Å². The van der Waals surface area contributed by atoms with Gasteiger partial charge in [0.25, 0.3) is 0 Å². The standard InChI is InChI=1S/C16H19BrN2O/c1-9(2)12-8-13(10(3)6-15(12)20-5)14-7-11(4)18-16(17)19-14/h6-9H,1-5H3. The molecule has 3 nitrogen and oxygen atoms in total. The molecule has 1 aromatic carbocycles. The van der Waals surface area contributed by atoms with Crippen LogP contribution in [0.1, 0.15) is 36.6 Å². The predicted octanol–water partition coefficient (Wildman–Crippen LogP) is 4.65. The molecule has 20 heavy (non-hydrogen) atoms. The molecule has 0 atom stereocenters. The first kappa shape index (κ1) is 15.0. The highest BCUT2D eigenvalue weighted by Gasteiger charge is 2.14. The van der Waals surface area contributed by atoms with Crippen LogP contribution in [0.3, 0.4) is 0 Å². The van der Waals surface area contributed by atoms with Crippen molar-refractivity contribution in [2.75, 3.05) is 7.11 Å². The van der Waals surface area contributed by atoms with E-state index in [1.54, 1.807) is 7.11 Å². The van der Waals surface area contributed by atoms with Gasteiger partial charge in [0, 0.05) is 11.3 Å². The van der Waals surface area contributed by atoms with Gasteiger partial charge in [-0.1, -0.05) is 13.8 Å². The molecule has 0 saturated carbocycles. The van der Waals surface area contributed by atoms with Crippen LogP contribution < -0.4 is 4.74 Å². The minimum atomic E-state index is 0.399. The number of aryl methyl sites for hydroxylation is 2. The van der Waals surface area contributed by atoms with E-state index in [4.69, 9.17) is 4.74 Å². The van der Waals surface area contributed by atoms with Gasteiger partial charge < -0.3 is 4.74 Å².